The molecule has 1 aromatic heterocycles. The van der Waals surface area contributed by atoms with Crippen LogP contribution in [0.4, 0.5) is 4.79 Å². The van der Waals surface area contributed by atoms with E-state index >= 15 is 0 Å². The van der Waals surface area contributed by atoms with Gasteiger partial charge in [-0.25, -0.2) is 4.79 Å². The third-order valence-electron chi connectivity index (χ3n) is 6.29. The zero-order valence-corrected chi connectivity index (χ0v) is 18.8. The number of amides is 3. The van der Waals surface area contributed by atoms with Gasteiger partial charge in [-0.1, -0.05) is 60.7 Å². The van der Waals surface area contributed by atoms with Crippen LogP contribution in [0.25, 0.3) is 22.2 Å². The van der Waals surface area contributed by atoms with Gasteiger partial charge in [0, 0.05) is 10.9 Å². The maximum atomic E-state index is 13.6. The normalized spacial score (nSPS) is 17.8. The maximum absolute atomic E-state index is 13.6. The molecule has 2 heterocycles. The number of nitrogens with one attached hydrogen (secondary N) is 2. The Kier molecular flexibility index (Phi) is 5.17. The molecule has 0 unspecified atom stereocenters. The second kappa shape index (κ2) is 8.19. The van der Waals surface area contributed by atoms with Crippen molar-refractivity contribution in [3.8, 4) is 17.0 Å². The first-order valence-corrected chi connectivity index (χ1v) is 10.9. The molecular formula is C27H23N3O4. The number of hydrogen-bond donors (Lipinski definition) is 2. The number of para-hydroxylation sites is 1. The number of methoxy groups -OCH3 is 1. The van der Waals surface area contributed by atoms with Crippen LogP contribution in [0.3, 0.4) is 0 Å². The average molecular weight is 453 g/mol. The van der Waals surface area contributed by atoms with Crippen molar-refractivity contribution in [1.82, 2.24) is 15.2 Å². The summed E-state index contributed by atoms with van der Waals surface area (Å²) in [5.41, 5.74) is 2.12. The molecule has 170 valence electrons. The molecule has 0 saturated carbocycles. The van der Waals surface area contributed by atoms with Crippen molar-refractivity contribution in [2.45, 2.75) is 12.5 Å². The Balaban J connectivity index is 1.49. The molecule has 1 aliphatic rings. The number of ketones is 1. The van der Waals surface area contributed by atoms with Crippen molar-refractivity contribution in [2.24, 2.45) is 0 Å². The molecule has 7 heteroatoms. The lowest BCUT2D eigenvalue weighted by atomic mass is 9.92. The van der Waals surface area contributed by atoms with Crippen molar-refractivity contribution in [2.75, 3.05) is 13.7 Å². The number of Topliss-reactive ketones (excluding diaryl/α,β-unsaturated/α-hetero) is 1. The van der Waals surface area contributed by atoms with E-state index in [9.17, 15) is 14.4 Å². The van der Waals surface area contributed by atoms with Crippen molar-refractivity contribution >= 4 is 28.6 Å². The minimum Gasteiger partial charge on any atom is -0.497 e. The van der Waals surface area contributed by atoms with Gasteiger partial charge in [0.25, 0.3) is 5.91 Å². The van der Waals surface area contributed by atoms with E-state index in [-0.39, 0.29) is 12.3 Å². The topological polar surface area (TPSA) is 91.5 Å². The van der Waals surface area contributed by atoms with Crippen molar-refractivity contribution in [1.29, 1.82) is 0 Å². The van der Waals surface area contributed by atoms with Gasteiger partial charge in [0.15, 0.2) is 5.78 Å². The van der Waals surface area contributed by atoms with Gasteiger partial charge in [0.1, 0.15) is 11.3 Å². The largest absolute Gasteiger partial charge is 0.497 e. The minimum atomic E-state index is -1.27. The first-order valence-electron chi connectivity index (χ1n) is 10.9. The quantitative estimate of drug-likeness (QED) is 0.332. The molecule has 7 nitrogen and oxygen atoms in total. The van der Waals surface area contributed by atoms with E-state index in [2.05, 4.69) is 10.3 Å². The molecule has 5 rings (SSSR count). The SMILES string of the molecule is COc1ccc([C@]2(C)NC(=O)N(CC(=O)c3c(-c4ccccc4)[nH]c4ccccc34)C2=O)cc1. The smallest absolute Gasteiger partial charge is 0.325 e. The Morgan fingerprint density at radius 3 is 2.32 bits per heavy atom. The molecule has 1 saturated heterocycles. The average Bonchev–Trinajstić information content (AvgIpc) is 3.36. The third-order valence-corrected chi connectivity index (χ3v) is 6.29. The summed E-state index contributed by atoms with van der Waals surface area (Å²) in [6.45, 7) is 1.28. The van der Waals surface area contributed by atoms with Crippen LogP contribution >= 0.6 is 0 Å². The highest BCUT2D eigenvalue weighted by Gasteiger charge is 2.49. The fraction of sp³-hybridized carbons (Fsp3) is 0.148. The number of nitrogens with zero attached hydrogens (tertiary/aromatic N) is 1. The molecule has 0 spiro atoms. The number of hydrogen-bond acceptors (Lipinski definition) is 4. The van der Waals surface area contributed by atoms with Crippen LogP contribution in [0, 0.1) is 0 Å². The number of benzene rings is 3. The number of ether oxygens (including phenoxy) is 1. The predicted octanol–water partition coefficient (Wildman–Crippen LogP) is 4.49. The van der Waals surface area contributed by atoms with Crippen LogP contribution in [0.2, 0.25) is 0 Å². The van der Waals surface area contributed by atoms with Gasteiger partial charge < -0.3 is 15.0 Å². The summed E-state index contributed by atoms with van der Waals surface area (Å²) in [4.78, 5) is 44.1. The minimum absolute atomic E-state index is 0.321. The summed E-state index contributed by atoms with van der Waals surface area (Å²) in [7, 11) is 1.56. The Hall–Kier alpha value is -4.39. The summed E-state index contributed by atoms with van der Waals surface area (Å²) in [6, 6.07) is 23.3. The number of aromatic nitrogens is 1. The van der Waals surface area contributed by atoms with Crippen LogP contribution in [-0.4, -0.2) is 41.3 Å². The number of aromatic amines is 1. The maximum Gasteiger partial charge on any atom is 0.325 e. The molecule has 1 fully saturated rings. The molecule has 2 N–H and O–H groups in total. The Morgan fingerprint density at radius 2 is 1.62 bits per heavy atom. The number of imide groups is 1. The number of carbonyl (C=O) groups excluding carboxylic acids is 3. The summed E-state index contributed by atoms with van der Waals surface area (Å²) >= 11 is 0. The van der Waals surface area contributed by atoms with E-state index in [1.165, 1.54) is 0 Å². The molecule has 4 aromatic rings. The molecule has 34 heavy (non-hydrogen) atoms. The fourth-order valence-electron chi connectivity index (χ4n) is 4.44. The molecule has 0 bridgehead atoms. The molecule has 3 amide bonds. The summed E-state index contributed by atoms with van der Waals surface area (Å²) in [5, 5.41) is 3.50. The first kappa shape index (κ1) is 21.5. The Labute approximate surface area is 196 Å². The highest BCUT2D eigenvalue weighted by molar-refractivity contribution is 6.17. The van der Waals surface area contributed by atoms with Crippen LogP contribution in [0.1, 0.15) is 22.8 Å². The van der Waals surface area contributed by atoms with E-state index < -0.39 is 17.5 Å². The lowest BCUT2D eigenvalue weighted by Gasteiger charge is -2.22. The van der Waals surface area contributed by atoms with E-state index in [1.807, 2.05) is 54.6 Å². The predicted molar refractivity (Wildman–Crippen MR) is 129 cm³/mol. The standard InChI is InChI=1S/C27H23N3O4/c1-27(18-12-14-19(34-2)15-13-18)25(32)30(26(33)29-27)16-22(31)23-20-10-6-7-11-21(20)28-24(23)17-8-4-3-5-9-17/h3-15,28H,16H2,1-2H3,(H,29,33)/t27-/m0/s1. The van der Waals surface area contributed by atoms with Gasteiger partial charge in [-0.3, -0.25) is 14.5 Å². The van der Waals surface area contributed by atoms with E-state index in [4.69, 9.17) is 4.74 Å². The van der Waals surface area contributed by atoms with Gasteiger partial charge in [0.2, 0.25) is 0 Å². The van der Waals surface area contributed by atoms with Crippen molar-refractivity contribution in [3.05, 3.63) is 90.0 Å². The van der Waals surface area contributed by atoms with E-state index in [0.29, 0.717) is 22.6 Å². The number of rotatable bonds is 6. The molecular weight excluding hydrogens is 430 g/mol. The Morgan fingerprint density at radius 1 is 0.941 bits per heavy atom. The molecule has 0 radical (unpaired) electrons. The second-order valence-corrected chi connectivity index (χ2v) is 8.38. The molecule has 1 atom stereocenters. The van der Waals surface area contributed by atoms with Crippen molar-refractivity contribution < 1.29 is 19.1 Å². The Bertz CT molecular complexity index is 1410. The van der Waals surface area contributed by atoms with Crippen molar-refractivity contribution in [3.63, 3.8) is 0 Å². The second-order valence-electron chi connectivity index (χ2n) is 8.38. The summed E-state index contributed by atoms with van der Waals surface area (Å²) in [5.74, 6) is -0.153. The van der Waals surface area contributed by atoms with E-state index in [0.717, 1.165) is 21.4 Å². The highest BCUT2D eigenvalue weighted by atomic mass is 16.5. The van der Waals surface area contributed by atoms with Gasteiger partial charge in [-0.2, -0.15) is 0 Å². The summed E-state index contributed by atoms with van der Waals surface area (Å²) < 4.78 is 5.18. The first-order chi connectivity index (χ1) is 16.4. The van der Waals surface area contributed by atoms with Gasteiger partial charge in [0.05, 0.1) is 24.9 Å². The van der Waals surface area contributed by atoms with Crippen LogP contribution in [0.5, 0.6) is 5.75 Å². The lowest BCUT2D eigenvalue weighted by molar-refractivity contribution is -0.130. The van der Waals surface area contributed by atoms with Gasteiger partial charge in [-0.05, 0) is 36.2 Å². The van der Waals surface area contributed by atoms with E-state index in [1.54, 1.807) is 38.3 Å². The monoisotopic (exact) mass is 453 g/mol. The lowest BCUT2D eigenvalue weighted by Crippen LogP contribution is -2.41. The third kappa shape index (κ3) is 3.42. The van der Waals surface area contributed by atoms with Crippen LogP contribution < -0.4 is 10.1 Å². The van der Waals surface area contributed by atoms with Crippen LogP contribution in [0.15, 0.2) is 78.9 Å². The summed E-state index contributed by atoms with van der Waals surface area (Å²) in [6.07, 6.45) is 0. The number of H-pyrrole nitrogens is 1. The van der Waals surface area contributed by atoms with Crippen LogP contribution in [-0.2, 0) is 10.3 Å². The zero-order chi connectivity index (χ0) is 23.9. The zero-order valence-electron chi connectivity index (χ0n) is 18.8. The molecule has 0 aliphatic carbocycles. The fourth-order valence-corrected chi connectivity index (χ4v) is 4.44. The highest BCUT2D eigenvalue weighted by Crippen LogP contribution is 2.33. The van der Waals surface area contributed by atoms with Gasteiger partial charge in [-0.15, -0.1) is 0 Å². The molecule has 1 aliphatic heterocycles. The number of urea groups is 1. The number of carbonyl (C=O) groups is 3. The van der Waals surface area contributed by atoms with Gasteiger partial charge >= 0.3 is 6.03 Å². The molecule has 3 aromatic carbocycles. The number of fused-ring (bicyclic) bond motifs is 1.